The number of H-pyrrole nitrogens is 1. The van der Waals surface area contributed by atoms with Crippen molar-refractivity contribution in [1.29, 1.82) is 0 Å². The van der Waals surface area contributed by atoms with Crippen molar-refractivity contribution in [3.8, 4) is 11.1 Å². The minimum absolute atomic E-state index is 0.0758. The van der Waals surface area contributed by atoms with Crippen molar-refractivity contribution in [1.82, 2.24) is 30.0 Å². The molecule has 6 rings (SSSR count). The zero-order valence-electron chi connectivity index (χ0n) is 25.1. The number of carbonyl (C=O) groups excluding carboxylic acids is 1. The fourth-order valence-corrected chi connectivity index (χ4v) is 7.51. The minimum atomic E-state index is -2.53. The van der Waals surface area contributed by atoms with E-state index in [1.165, 1.54) is 11.8 Å². The van der Waals surface area contributed by atoms with Crippen LogP contribution in [-0.2, 0) is 13.6 Å². The van der Waals surface area contributed by atoms with E-state index in [1.54, 1.807) is 4.68 Å². The van der Waals surface area contributed by atoms with Gasteiger partial charge in [0.2, 0.25) is 0 Å². The molecule has 2 fully saturated rings. The average molecular weight is 609 g/mol. The van der Waals surface area contributed by atoms with Gasteiger partial charge in [0.1, 0.15) is 0 Å². The molecule has 0 saturated heterocycles. The molecule has 0 radical (unpaired) electrons. The van der Waals surface area contributed by atoms with E-state index >= 15 is 0 Å². The molecule has 3 aromatic heterocycles. The highest BCUT2D eigenvalue weighted by molar-refractivity contribution is 7.98. The Kier molecular flexibility index (Phi) is 7.75. The molecule has 2 aliphatic carbocycles. The molecule has 3 N–H and O–H groups in total. The number of aryl methyl sites for hydroxylation is 2. The summed E-state index contributed by atoms with van der Waals surface area (Å²) in [6.07, 6.45) is 7.36. The van der Waals surface area contributed by atoms with E-state index in [2.05, 4.69) is 38.3 Å². The molecule has 8 nitrogen and oxygen atoms in total. The predicted molar refractivity (Wildman–Crippen MR) is 166 cm³/mol. The zero-order chi connectivity index (χ0) is 30.6. The van der Waals surface area contributed by atoms with E-state index in [0.717, 1.165) is 51.2 Å². The Bertz CT molecular complexity index is 1740. The number of fused-ring (bicyclic) bond motifs is 1. The Morgan fingerprint density at radius 3 is 2.58 bits per heavy atom. The third-order valence-corrected chi connectivity index (χ3v) is 10.0. The van der Waals surface area contributed by atoms with Gasteiger partial charge in [0.15, 0.2) is 0 Å². The first-order valence-electron chi connectivity index (χ1n) is 14.8. The quantitative estimate of drug-likeness (QED) is 0.211. The zero-order valence-corrected chi connectivity index (χ0v) is 25.9. The molecular weight excluding hydrogens is 570 g/mol. The number of hydrogen-bond acceptors (Lipinski definition) is 5. The second kappa shape index (κ2) is 11.2. The molecule has 228 valence electrons. The average Bonchev–Trinajstić information content (AvgIpc) is 3.47. The van der Waals surface area contributed by atoms with Crippen molar-refractivity contribution >= 4 is 28.6 Å². The summed E-state index contributed by atoms with van der Waals surface area (Å²) in [5.74, 6) is -2.41. The first-order chi connectivity index (χ1) is 20.4. The Hall–Kier alpha value is -3.44. The Balaban J connectivity index is 1.30. The second-order valence-corrected chi connectivity index (χ2v) is 13.1. The van der Waals surface area contributed by atoms with Gasteiger partial charge < -0.3 is 20.2 Å². The van der Waals surface area contributed by atoms with Crippen LogP contribution < -0.4 is 16.2 Å². The smallest absolute Gasteiger partial charge is 0.254 e. The van der Waals surface area contributed by atoms with Gasteiger partial charge in [-0.05, 0) is 63.5 Å². The highest BCUT2D eigenvalue weighted by Crippen LogP contribution is 2.43. The molecule has 2 aliphatic rings. The van der Waals surface area contributed by atoms with E-state index in [1.807, 2.05) is 57.7 Å². The topological polar surface area (TPSA) is 96.7 Å². The standard InChI is InChI=1S/C32H38F2N6O2S/c1-17-8-28(43-5)26(30(41)37-17)15-35-31(42)29-19(3)40(18(2)21-9-23(10-21)38-24-12-32(33,34)13-24)27-11-20(6-7-25(27)29)22-14-36-39(4)16-22/h6-8,11,14,16,18,21,23-24,38H,9-10,12-13,15H2,1-5H3,(H,35,42)(H,37,41)/t18-,21?,23?/m1/s1. The number of nitrogens with one attached hydrogen (secondary N) is 3. The van der Waals surface area contributed by atoms with Crippen LogP contribution >= 0.6 is 11.8 Å². The van der Waals surface area contributed by atoms with Gasteiger partial charge in [-0.15, -0.1) is 11.8 Å². The molecule has 0 aliphatic heterocycles. The molecular formula is C32H38F2N6O2S. The predicted octanol–water partition coefficient (Wildman–Crippen LogP) is 5.73. The molecule has 0 unspecified atom stereocenters. The maximum atomic E-state index is 13.8. The fraction of sp³-hybridized carbons (Fsp3) is 0.469. The maximum Gasteiger partial charge on any atom is 0.254 e. The van der Waals surface area contributed by atoms with Crippen LogP contribution in [0.2, 0.25) is 0 Å². The van der Waals surface area contributed by atoms with Gasteiger partial charge in [-0.2, -0.15) is 5.10 Å². The molecule has 0 spiro atoms. The van der Waals surface area contributed by atoms with E-state index in [4.69, 9.17) is 0 Å². The number of aromatic amines is 1. The van der Waals surface area contributed by atoms with Crippen molar-refractivity contribution in [2.24, 2.45) is 13.0 Å². The number of amides is 1. The molecule has 2 saturated carbocycles. The lowest BCUT2D eigenvalue weighted by molar-refractivity contribution is -0.0981. The third kappa shape index (κ3) is 5.64. The molecule has 43 heavy (non-hydrogen) atoms. The maximum absolute atomic E-state index is 13.8. The fourth-order valence-electron chi connectivity index (χ4n) is 6.81. The van der Waals surface area contributed by atoms with E-state index in [0.29, 0.717) is 17.0 Å². The van der Waals surface area contributed by atoms with Crippen molar-refractivity contribution < 1.29 is 13.6 Å². The summed E-state index contributed by atoms with van der Waals surface area (Å²) in [6.45, 7) is 6.12. The van der Waals surface area contributed by atoms with Crippen LogP contribution in [0.3, 0.4) is 0 Å². The van der Waals surface area contributed by atoms with Crippen LogP contribution in [0, 0.1) is 19.8 Å². The monoisotopic (exact) mass is 608 g/mol. The van der Waals surface area contributed by atoms with Crippen LogP contribution in [0.15, 0.2) is 46.3 Å². The van der Waals surface area contributed by atoms with Gasteiger partial charge in [0.05, 0.1) is 11.8 Å². The molecule has 1 atom stereocenters. The molecule has 0 bridgehead atoms. The number of alkyl halides is 2. The highest BCUT2D eigenvalue weighted by Gasteiger charge is 2.47. The molecule has 3 heterocycles. The Morgan fingerprint density at radius 1 is 1.19 bits per heavy atom. The SMILES string of the molecule is CSc1cc(C)[nH]c(=O)c1CNC(=O)c1c(C)n([C@H](C)C2CC(NC3CC(F)(F)C3)C2)c2cc(-c3cnn(C)c3)ccc12. The van der Waals surface area contributed by atoms with Gasteiger partial charge in [-0.25, -0.2) is 8.78 Å². The largest absolute Gasteiger partial charge is 0.348 e. The number of aromatic nitrogens is 4. The third-order valence-electron chi connectivity index (χ3n) is 9.22. The molecule has 11 heteroatoms. The van der Waals surface area contributed by atoms with Gasteiger partial charge in [-0.3, -0.25) is 14.3 Å². The van der Waals surface area contributed by atoms with Crippen molar-refractivity contribution in [2.75, 3.05) is 6.26 Å². The van der Waals surface area contributed by atoms with Crippen LogP contribution in [0.25, 0.3) is 22.0 Å². The molecule has 4 aromatic rings. The normalized spacial score (nSPS) is 20.5. The lowest BCUT2D eigenvalue weighted by Gasteiger charge is -2.45. The highest BCUT2D eigenvalue weighted by atomic mass is 32.2. The summed E-state index contributed by atoms with van der Waals surface area (Å²) in [4.78, 5) is 30.2. The lowest BCUT2D eigenvalue weighted by atomic mass is 9.74. The summed E-state index contributed by atoms with van der Waals surface area (Å²) in [6, 6.07) is 8.28. The summed E-state index contributed by atoms with van der Waals surface area (Å²) < 4.78 is 30.7. The number of nitrogens with zero attached hydrogens (tertiary/aromatic N) is 3. The van der Waals surface area contributed by atoms with Gasteiger partial charge in [0.25, 0.3) is 17.4 Å². The van der Waals surface area contributed by atoms with Gasteiger partial charge in [-0.1, -0.05) is 12.1 Å². The van der Waals surface area contributed by atoms with E-state index < -0.39 is 5.92 Å². The second-order valence-electron chi connectivity index (χ2n) is 12.3. The molecule has 1 amide bonds. The van der Waals surface area contributed by atoms with Crippen molar-refractivity contribution in [3.05, 3.63) is 69.5 Å². The Labute approximate surface area is 253 Å². The first kappa shape index (κ1) is 29.6. The number of carbonyl (C=O) groups is 1. The van der Waals surface area contributed by atoms with Crippen LogP contribution in [0.1, 0.15) is 66.0 Å². The minimum Gasteiger partial charge on any atom is -0.348 e. The number of halogens is 2. The number of benzene rings is 1. The number of rotatable bonds is 9. The van der Waals surface area contributed by atoms with Crippen LogP contribution in [-0.4, -0.2) is 49.5 Å². The first-order valence-corrected chi connectivity index (χ1v) is 16.0. The Morgan fingerprint density at radius 2 is 1.93 bits per heavy atom. The van der Waals surface area contributed by atoms with Crippen LogP contribution in [0.5, 0.6) is 0 Å². The van der Waals surface area contributed by atoms with E-state index in [9.17, 15) is 18.4 Å². The van der Waals surface area contributed by atoms with Crippen molar-refractivity contribution in [3.63, 3.8) is 0 Å². The summed E-state index contributed by atoms with van der Waals surface area (Å²) in [5, 5.41) is 11.6. The lowest BCUT2D eigenvalue weighted by Crippen LogP contribution is -2.55. The number of pyridine rings is 1. The van der Waals surface area contributed by atoms with E-state index in [-0.39, 0.29) is 49.0 Å². The summed E-state index contributed by atoms with van der Waals surface area (Å²) >= 11 is 1.48. The van der Waals surface area contributed by atoms with Crippen molar-refractivity contribution in [2.45, 2.75) is 81.9 Å². The van der Waals surface area contributed by atoms with Gasteiger partial charge >= 0.3 is 0 Å². The van der Waals surface area contributed by atoms with Gasteiger partial charge in [0, 0.05) is 89.1 Å². The summed E-state index contributed by atoms with van der Waals surface area (Å²) in [5.41, 5.74) is 5.54. The number of hydrogen-bond donors (Lipinski definition) is 3. The molecule has 1 aromatic carbocycles. The number of thioether (sulfide) groups is 1. The summed E-state index contributed by atoms with van der Waals surface area (Å²) in [7, 11) is 1.88. The van der Waals surface area contributed by atoms with Crippen LogP contribution in [0.4, 0.5) is 8.78 Å².